The number of Topliss-reactive ketones (excluding diaryl/α,β-unsaturated/α-hetero) is 1. The van der Waals surface area contributed by atoms with Crippen molar-refractivity contribution in [2.45, 2.75) is 13.3 Å². The summed E-state index contributed by atoms with van der Waals surface area (Å²) in [5, 5.41) is 0. The van der Waals surface area contributed by atoms with E-state index in [1.807, 2.05) is 0 Å². The highest BCUT2D eigenvalue weighted by Gasteiger charge is 2.09. The highest BCUT2D eigenvalue weighted by molar-refractivity contribution is 5.95. The van der Waals surface area contributed by atoms with Gasteiger partial charge in [-0.15, -0.1) is 0 Å². The van der Waals surface area contributed by atoms with E-state index in [9.17, 15) is 13.6 Å². The van der Waals surface area contributed by atoms with Crippen LogP contribution in [0.25, 0.3) is 11.3 Å². The molecule has 0 atom stereocenters. The number of halogens is 2. The molecule has 0 N–H and O–H groups in total. The molecule has 0 amide bonds. The Bertz CT molecular complexity index is 579. The lowest BCUT2D eigenvalue weighted by Gasteiger charge is -2.04. The molecule has 0 saturated heterocycles. The molecule has 4 heteroatoms. The van der Waals surface area contributed by atoms with Crippen molar-refractivity contribution in [2.75, 3.05) is 0 Å². The molecule has 0 aliphatic rings. The van der Waals surface area contributed by atoms with Crippen LogP contribution in [0.2, 0.25) is 0 Å². The number of hydrogen-bond donors (Lipinski definition) is 0. The molecule has 0 aliphatic heterocycles. The number of carbonyl (C=O) groups excluding carboxylic acids is 1. The molecule has 1 aromatic carbocycles. The number of carbonyl (C=O) groups is 1. The summed E-state index contributed by atoms with van der Waals surface area (Å²) in [5.74, 6) is -1.32. The average Bonchev–Trinajstić information content (AvgIpc) is 2.38. The molecule has 0 aliphatic carbocycles. The van der Waals surface area contributed by atoms with Gasteiger partial charge in [0.2, 0.25) is 0 Å². The largest absolute Gasteiger partial charge is 0.294 e. The zero-order chi connectivity index (χ0) is 13.1. The van der Waals surface area contributed by atoms with Crippen LogP contribution in [-0.2, 0) is 0 Å². The van der Waals surface area contributed by atoms with Crippen molar-refractivity contribution in [3.8, 4) is 11.3 Å². The molecule has 2 nitrogen and oxygen atoms in total. The van der Waals surface area contributed by atoms with Crippen molar-refractivity contribution >= 4 is 5.78 Å². The van der Waals surface area contributed by atoms with E-state index in [1.165, 1.54) is 18.3 Å². The molecule has 0 fully saturated rings. The minimum Gasteiger partial charge on any atom is -0.294 e. The third-order valence-corrected chi connectivity index (χ3v) is 2.61. The molecular formula is C14H11F2NO. The lowest BCUT2D eigenvalue weighted by Crippen LogP contribution is -1.98. The number of benzene rings is 1. The lowest BCUT2D eigenvalue weighted by molar-refractivity contribution is 0.0988. The second kappa shape index (κ2) is 5.04. The van der Waals surface area contributed by atoms with E-state index in [0.29, 0.717) is 17.7 Å². The molecule has 0 saturated carbocycles. The molecule has 0 radical (unpaired) electrons. The van der Waals surface area contributed by atoms with Gasteiger partial charge in [0.15, 0.2) is 5.78 Å². The van der Waals surface area contributed by atoms with Crippen LogP contribution >= 0.6 is 0 Å². The van der Waals surface area contributed by atoms with Crippen LogP contribution in [0, 0.1) is 11.6 Å². The van der Waals surface area contributed by atoms with Gasteiger partial charge in [0, 0.05) is 29.8 Å². The summed E-state index contributed by atoms with van der Waals surface area (Å²) in [6.45, 7) is 1.76. The Morgan fingerprint density at radius 2 is 2.00 bits per heavy atom. The highest BCUT2D eigenvalue weighted by atomic mass is 19.1. The Kier molecular flexibility index (Phi) is 3.46. The quantitative estimate of drug-likeness (QED) is 0.775. The maximum absolute atomic E-state index is 13.5. The van der Waals surface area contributed by atoms with Crippen LogP contribution in [0.1, 0.15) is 23.7 Å². The molecule has 2 aromatic rings. The lowest BCUT2D eigenvalue weighted by atomic mass is 10.1. The maximum atomic E-state index is 13.5. The third-order valence-electron chi connectivity index (χ3n) is 2.61. The van der Waals surface area contributed by atoms with Crippen LogP contribution in [0.5, 0.6) is 0 Å². The van der Waals surface area contributed by atoms with Crippen molar-refractivity contribution in [3.05, 3.63) is 53.7 Å². The van der Waals surface area contributed by atoms with Gasteiger partial charge >= 0.3 is 0 Å². The van der Waals surface area contributed by atoms with Crippen LogP contribution < -0.4 is 0 Å². The first-order valence-electron chi connectivity index (χ1n) is 5.56. The Labute approximate surface area is 103 Å². The summed E-state index contributed by atoms with van der Waals surface area (Å²) >= 11 is 0. The minimum atomic E-state index is -0.669. The van der Waals surface area contributed by atoms with Gasteiger partial charge in [0.1, 0.15) is 11.6 Å². The molecule has 2 rings (SSSR count). The number of pyridine rings is 1. The van der Waals surface area contributed by atoms with Crippen molar-refractivity contribution in [2.24, 2.45) is 0 Å². The Morgan fingerprint density at radius 3 is 2.56 bits per heavy atom. The number of rotatable bonds is 3. The van der Waals surface area contributed by atoms with Gasteiger partial charge in [-0.25, -0.2) is 8.78 Å². The first-order chi connectivity index (χ1) is 8.61. The van der Waals surface area contributed by atoms with Crippen LogP contribution in [0.15, 0.2) is 36.5 Å². The number of aromatic nitrogens is 1. The predicted molar refractivity (Wildman–Crippen MR) is 64.2 cm³/mol. The summed E-state index contributed by atoms with van der Waals surface area (Å²) < 4.78 is 26.3. The summed E-state index contributed by atoms with van der Waals surface area (Å²) in [5.41, 5.74) is 1.08. The van der Waals surface area contributed by atoms with E-state index in [-0.39, 0.29) is 11.3 Å². The fourth-order valence-electron chi connectivity index (χ4n) is 1.62. The van der Waals surface area contributed by atoms with E-state index >= 15 is 0 Å². The van der Waals surface area contributed by atoms with Crippen LogP contribution in [0.4, 0.5) is 8.78 Å². The van der Waals surface area contributed by atoms with Crippen molar-refractivity contribution < 1.29 is 13.6 Å². The Hall–Kier alpha value is -2.10. The zero-order valence-corrected chi connectivity index (χ0v) is 9.78. The van der Waals surface area contributed by atoms with Crippen molar-refractivity contribution in [1.29, 1.82) is 0 Å². The first-order valence-corrected chi connectivity index (χ1v) is 5.56. The molecule has 1 heterocycles. The van der Waals surface area contributed by atoms with Gasteiger partial charge in [-0.3, -0.25) is 9.78 Å². The molecule has 18 heavy (non-hydrogen) atoms. The van der Waals surface area contributed by atoms with Gasteiger partial charge < -0.3 is 0 Å². The van der Waals surface area contributed by atoms with E-state index in [0.717, 1.165) is 6.07 Å². The van der Waals surface area contributed by atoms with Crippen molar-refractivity contribution in [1.82, 2.24) is 4.98 Å². The normalized spacial score (nSPS) is 10.4. The smallest absolute Gasteiger partial charge is 0.164 e. The van der Waals surface area contributed by atoms with Crippen LogP contribution in [-0.4, -0.2) is 10.8 Å². The van der Waals surface area contributed by atoms with Gasteiger partial charge in [-0.2, -0.15) is 0 Å². The fraction of sp³-hybridized carbons (Fsp3) is 0.143. The predicted octanol–water partition coefficient (Wildman–Crippen LogP) is 3.62. The van der Waals surface area contributed by atoms with E-state index in [1.54, 1.807) is 19.1 Å². The Balaban J connectivity index is 2.37. The fourth-order valence-corrected chi connectivity index (χ4v) is 1.62. The topological polar surface area (TPSA) is 30.0 Å². The summed E-state index contributed by atoms with van der Waals surface area (Å²) in [6, 6.07) is 6.46. The summed E-state index contributed by atoms with van der Waals surface area (Å²) in [6.07, 6.45) is 1.80. The van der Waals surface area contributed by atoms with E-state index in [4.69, 9.17) is 0 Å². The van der Waals surface area contributed by atoms with E-state index < -0.39 is 11.6 Å². The summed E-state index contributed by atoms with van der Waals surface area (Å²) in [4.78, 5) is 15.4. The van der Waals surface area contributed by atoms with Gasteiger partial charge in [0.05, 0.1) is 5.69 Å². The van der Waals surface area contributed by atoms with E-state index in [2.05, 4.69) is 4.98 Å². The second-order valence-electron chi connectivity index (χ2n) is 3.83. The van der Waals surface area contributed by atoms with Gasteiger partial charge in [0.25, 0.3) is 0 Å². The standard InChI is InChI=1S/C14H11F2NO/c1-2-14(18)9-3-6-13(17-8-9)11-5-4-10(15)7-12(11)16/h3-8H,2H2,1H3. The summed E-state index contributed by atoms with van der Waals surface area (Å²) in [7, 11) is 0. The number of nitrogens with zero attached hydrogens (tertiary/aromatic N) is 1. The molecule has 1 aromatic heterocycles. The van der Waals surface area contributed by atoms with Gasteiger partial charge in [-0.1, -0.05) is 6.92 Å². The average molecular weight is 247 g/mol. The van der Waals surface area contributed by atoms with Crippen LogP contribution in [0.3, 0.4) is 0 Å². The highest BCUT2D eigenvalue weighted by Crippen LogP contribution is 2.21. The van der Waals surface area contributed by atoms with Crippen molar-refractivity contribution in [3.63, 3.8) is 0 Å². The third kappa shape index (κ3) is 2.42. The maximum Gasteiger partial charge on any atom is 0.164 e. The second-order valence-corrected chi connectivity index (χ2v) is 3.83. The zero-order valence-electron chi connectivity index (χ0n) is 9.78. The molecule has 0 bridgehead atoms. The van der Waals surface area contributed by atoms with Gasteiger partial charge in [-0.05, 0) is 24.3 Å². The molecular weight excluding hydrogens is 236 g/mol. The number of ketones is 1. The molecule has 0 unspecified atom stereocenters. The molecule has 92 valence electrons. The first kappa shape index (κ1) is 12.4. The Morgan fingerprint density at radius 1 is 1.22 bits per heavy atom. The minimum absolute atomic E-state index is 0.0198. The monoisotopic (exact) mass is 247 g/mol. The number of hydrogen-bond acceptors (Lipinski definition) is 2. The molecule has 0 spiro atoms. The SMILES string of the molecule is CCC(=O)c1ccc(-c2ccc(F)cc2F)nc1.